The number of carbonyl (C=O) groups is 1. The van der Waals surface area contributed by atoms with Crippen LogP contribution in [-0.4, -0.2) is 43.5 Å². The summed E-state index contributed by atoms with van der Waals surface area (Å²) in [6, 6.07) is -0.143. The Hall–Kier alpha value is -1.40. The van der Waals surface area contributed by atoms with Gasteiger partial charge < -0.3 is 19.3 Å². The molecule has 1 amide bonds. The van der Waals surface area contributed by atoms with Gasteiger partial charge in [0.05, 0.1) is 18.8 Å². The molecule has 1 fully saturated rings. The molecule has 1 aliphatic carbocycles. The molecule has 1 aliphatic heterocycles. The SMILES string of the molecule is CO[C@@H]1CCOC[C@H]1NC(=O)c1noc2c1CC(C)(C)CC2. The van der Waals surface area contributed by atoms with Crippen LogP contribution < -0.4 is 5.32 Å². The zero-order valence-corrected chi connectivity index (χ0v) is 13.5. The second-order valence-corrected chi connectivity index (χ2v) is 6.99. The summed E-state index contributed by atoms with van der Waals surface area (Å²) in [6.45, 7) is 5.55. The van der Waals surface area contributed by atoms with E-state index in [9.17, 15) is 4.79 Å². The first-order chi connectivity index (χ1) is 10.5. The Balaban J connectivity index is 1.74. The van der Waals surface area contributed by atoms with E-state index in [2.05, 4.69) is 24.3 Å². The van der Waals surface area contributed by atoms with E-state index in [0.29, 0.717) is 18.9 Å². The van der Waals surface area contributed by atoms with Crippen molar-refractivity contribution in [3.05, 3.63) is 17.0 Å². The molecule has 0 radical (unpaired) electrons. The Labute approximate surface area is 130 Å². The highest BCUT2D eigenvalue weighted by atomic mass is 16.5. The number of fused-ring (bicyclic) bond motifs is 1. The first kappa shape index (κ1) is 15.5. The molecule has 2 aliphatic rings. The lowest BCUT2D eigenvalue weighted by molar-refractivity contribution is -0.0350. The summed E-state index contributed by atoms with van der Waals surface area (Å²) in [4.78, 5) is 12.6. The fourth-order valence-corrected chi connectivity index (χ4v) is 3.29. The average molecular weight is 308 g/mol. The van der Waals surface area contributed by atoms with E-state index in [1.165, 1.54) is 0 Å². The number of methoxy groups -OCH3 is 1. The van der Waals surface area contributed by atoms with Gasteiger partial charge in [-0.05, 0) is 24.7 Å². The fraction of sp³-hybridized carbons (Fsp3) is 0.750. The van der Waals surface area contributed by atoms with Crippen LogP contribution in [0.1, 0.15) is 48.5 Å². The lowest BCUT2D eigenvalue weighted by Gasteiger charge is -2.31. The van der Waals surface area contributed by atoms with Gasteiger partial charge in [0.1, 0.15) is 5.76 Å². The van der Waals surface area contributed by atoms with Crippen molar-refractivity contribution in [2.45, 2.75) is 51.7 Å². The summed E-state index contributed by atoms with van der Waals surface area (Å²) >= 11 is 0. The number of hydrogen-bond acceptors (Lipinski definition) is 5. The molecule has 6 nitrogen and oxygen atoms in total. The van der Waals surface area contributed by atoms with Crippen molar-refractivity contribution in [2.24, 2.45) is 5.41 Å². The maximum atomic E-state index is 12.6. The van der Waals surface area contributed by atoms with Crippen LogP contribution in [0.4, 0.5) is 0 Å². The second kappa shape index (κ2) is 6.01. The molecule has 0 bridgehead atoms. The fourth-order valence-electron chi connectivity index (χ4n) is 3.29. The van der Waals surface area contributed by atoms with Gasteiger partial charge in [0.25, 0.3) is 5.91 Å². The highest BCUT2D eigenvalue weighted by molar-refractivity contribution is 5.94. The smallest absolute Gasteiger partial charge is 0.274 e. The van der Waals surface area contributed by atoms with Crippen LogP contribution in [0.2, 0.25) is 0 Å². The predicted molar refractivity (Wildman–Crippen MR) is 79.8 cm³/mol. The van der Waals surface area contributed by atoms with Crippen LogP contribution in [-0.2, 0) is 22.3 Å². The van der Waals surface area contributed by atoms with Gasteiger partial charge in [-0.3, -0.25) is 4.79 Å². The Morgan fingerprint density at radius 3 is 3.05 bits per heavy atom. The summed E-state index contributed by atoms with van der Waals surface area (Å²) in [6.07, 6.45) is 3.49. The maximum absolute atomic E-state index is 12.6. The number of ether oxygens (including phenoxy) is 2. The molecule has 1 aromatic rings. The minimum atomic E-state index is -0.194. The molecule has 2 heterocycles. The Morgan fingerprint density at radius 2 is 2.27 bits per heavy atom. The highest BCUT2D eigenvalue weighted by Gasteiger charge is 2.34. The number of nitrogens with zero attached hydrogens (tertiary/aromatic N) is 1. The molecule has 3 rings (SSSR count). The third kappa shape index (κ3) is 3.03. The molecule has 0 aromatic carbocycles. The Bertz CT molecular complexity index is 552. The van der Waals surface area contributed by atoms with Gasteiger partial charge in [-0.15, -0.1) is 0 Å². The van der Waals surface area contributed by atoms with Gasteiger partial charge >= 0.3 is 0 Å². The molecule has 122 valence electrons. The minimum absolute atomic E-state index is 0.0168. The number of amides is 1. The monoisotopic (exact) mass is 308 g/mol. The van der Waals surface area contributed by atoms with Gasteiger partial charge in [0.15, 0.2) is 5.69 Å². The van der Waals surface area contributed by atoms with E-state index in [1.807, 2.05) is 0 Å². The largest absolute Gasteiger partial charge is 0.379 e. The van der Waals surface area contributed by atoms with Crippen molar-refractivity contribution in [1.82, 2.24) is 10.5 Å². The van der Waals surface area contributed by atoms with Crippen LogP contribution in [0.3, 0.4) is 0 Å². The van der Waals surface area contributed by atoms with E-state index in [4.69, 9.17) is 14.0 Å². The first-order valence-corrected chi connectivity index (χ1v) is 7.89. The highest BCUT2D eigenvalue weighted by Crippen LogP contribution is 2.36. The van der Waals surface area contributed by atoms with E-state index in [1.54, 1.807) is 7.11 Å². The molecule has 1 saturated heterocycles. The van der Waals surface area contributed by atoms with Gasteiger partial charge in [-0.2, -0.15) is 0 Å². The van der Waals surface area contributed by atoms with Crippen LogP contribution in [0.15, 0.2) is 4.52 Å². The molecule has 1 N–H and O–H groups in total. The molecule has 0 saturated carbocycles. The first-order valence-electron chi connectivity index (χ1n) is 7.89. The Kier molecular flexibility index (Phi) is 4.23. The summed E-state index contributed by atoms with van der Waals surface area (Å²) in [5.41, 5.74) is 1.55. The minimum Gasteiger partial charge on any atom is -0.379 e. The van der Waals surface area contributed by atoms with Crippen LogP contribution >= 0.6 is 0 Å². The standard InChI is InChI=1S/C16H24N2O4/c1-16(2)6-4-12-10(8-16)14(18-22-12)15(19)17-11-9-21-7-5-13(11)20-3/h11,13H,4-9H2,1-3H3,(H,17,19)/t11-,13-/m1/s1. The summed E-state index contributed by atoms with van der Waals surface area (Å²) in [5, 5.41) is 7.00. The Morgan fingerprint density at radius 1 is 1.45 bits per heavy atom. The second-order valence-electron chi connectivity index (χ2n) is 6.99. The molecule has 6 heteroatoms. The van der Waals surface area contributed by atoms with Gasteiger partial charge in [0.2, 0.25) is 0 Å². The van der Waals surface area contributed by atoms with Crippen molar-refractivity contribution in [3.8, 4) is 0 Å². The number of rotatable bonds is 3. The molecular weight excluding hydrogens is 284 g/mol. The molecule has 0 unspecified atom stereocenters. The van der Waals surface area contributed by atoms with Gasteiger partial charge in [0, 0.05) is 25.7 Å². The van der Waals surface area contributed by atoms with Gasteiger partial charge in [-0.1, -0.05) is 19.0 Å². The lowest BCUT2D eigenvalue weighted by Crippen LogP contribution is -2.50. The van der Waals surface area contributed by atoms with Crippen molar-refractivity contribution >= 4 is 5.91 Å². The quantitative estimate of drug-likeness (QED) is 0.920. The number of nitrogens with one attached hydrogen (secondary N) is 1. The molecule has 22 heavy (non-hydrogen) atoms. The maximum Gasteiger partial charge on any atom is 0.274 e. The number of aromatic nitrogens is 1. The third-order valence-electron chi connectivity index (χ3n) is 4.68. The summed E-state index contributed by atoms with van der Waals surface area (Å²) < 4.78 is 16.2. The van der Waals surface area contributed by atoms with Crippen molar-refractivity contribution in [2.75, 3.05) is 20.3 Å². The topological polar surface area (TPSA) is 73.6 Å². The van der Waals surface area contributed by atoms with E-state index in [-0.39, 0.29) is 23.5 Å². The summed E-state index contributed by atoms with van der Waals surface area (Å²) in [5.74, 6) is 0.660. The zero-order valence-electron chi connectivity index (χ0n) is 13.5. The van der Waals surface area contributed by atoms with Gasteiger partial charge in [-0.25, -0.2) is 0 Å². The third-order valence-corrected chi connectivity index (χ3v) is 4.68. The molecule has 2 atom stereocenters. The van der Waals surface area contributed by atoms with Crippen molar-refractivity contribution in [3.63, 3.8) is 0 Å². The number of aryl methyl sites for hydroxylation is 1. The average Bonchev–Trinajstić information content (AvgIpc) is 2.89. The molecule has 1 aromatic heterocycles. The normalized spacial score (nSPS) is 27.2. The number of carbonyl (C=O) groups excluding carboxylic acids is 1. The molecule has 0 spiro atoms. The van der Waals surface area contributed by atoms with E-state index < -0.39 is 0 Å². The van der Waals surface area contributed by atoms with Crippen molar-refractivity contribution < 1.29 is 18.8 Å². The van der Waals surface area contributed by atoms with Crippen LogP contribution in [0.25, 0.3) is 0 Å². The molecular formula is C16H24N2O4. The zero-order chi connectivity index (χ0) is 15.7. The predicted octanol–water partition coefficient (Wildman–Crippen LogP) is 1.72. The van der Waals surface area contributed by atoms with Crippen molar-refractivity contribution in [1.29, 1.82) is 0 Å². The lowest BCUT2D eigenvalue weighted by atomic mass is 9.76. The van der Waals surface area contributed by atoms with E-state index in [0.717, 1.165) is 37.0 Å². The number of hydrogen-bond donors (Lipinski definition) is 1. The van der Waals surface area contributed by atoms with E-state index >= 15 is 0 Å². The summed E-state index contributed by atoms with van der Waals surface area (Å²) in [7, 11) is 1.66. The van der Waals surface area contributed by atoms with Crippen LogP contribution in [0, 0.1) is 5.41 Å². The van der Waals surface area contributed by atoms with Crippen LogP contribution in [0.5, 0.6) is 0 Å².